The zero-order valence-corrected chi connectivity index (χ0v) is 18.3. The molecule has 0 aromatic carbocycles. The third-order valence-corrected chi connectivity index (χ3v) is 5.74. The highest BCUT2D eigenvalue weighted by molar-refractivity contribution is 5.94. The molecule has 1 aliphatic heterocycles. The Labute approximate surface area is 185 Å². The zero-order valence-electron chi connectivity index (χ0n) is 18.3. The number of amides is 3. The number of carbonyl (C=O) groups is 4. The van der Waals surface area contributed by atoms with Gasteiger partial charge in [-0.2, -0.15) is 0 Å². The van der Waals surface area contributed by atoms with Gasteiger partial charge in [0.25, 0.3) is 0 Å². The van der Waals surface area contributed by atoms with Crippen molar-refractivity contribution >= 4 is 23.7 Å². The van der Waals surface area contributed by atoms with Crippen LogP contribution >= 0.6 is 0 Å². The molecule has 12 nitrogen and oxygen atoms in total. The monoisotopic (exact) mass is 452 g/mol. The van der Waals surface area contributed by atoms with Gasteiger partial charge in [-0.15, -0.1) is 0 Å². The van der Waals surface area contributed by atoms with Gasteiger partial charge in [0.05, 0.1) is 19.0 Å². The molecule has 178 valence electrons. The van der Waals surface area contributed by atoms with E-state index in [0.29, 0.717) is 31.5 Å². The first-order valence-corrected chi connectivity index (χ1v) is 10.7. The molecule has 0 aliphatic carbocycles. The molecule has 2 rings (SSSR count). The Morgan fingerprint density at radius 1 is 1.34 bits per heavy atom. The van der Waals surface area contributed by atoms with Crippen molar-refractivity contribution < 1.29 is 29.4 Å². The van der Waals surface area contributed by atoms with Gasteiger partial charge in [0.2, 0.25) is 17.7 Å². The summed E-state index contributed by atoms with van der Waals surface area (Å²) in [4.78, 5) is 57.7. The largest absolute Gasteiger partial charge is 0.480 e. The number of aromatic nitrogens is 2. The maximum Gasteiger partial charge on any atom is 0.326 e. The minimum absolute atomic E-state index is 0.234. The highest BCUT2D eigenvalue weighted by Crippen LogP contribution is 2.19. The number of carbonyl (C=O) groups excluding carboxylic acids is 3. The quantitative estimate of drug-likeness (QED) is 0.230. The lowest BCUT2D eigenvalue weighted by Gasteiger charge is -2.28. The number of hydrogen-bond acceptors (Lipinski definition) is 7. The summed E-state index contributed by atoms with van der Waals surface area (Å²) >= 11 is 0. The number of hydrogen-bond donors (Lipinski definition) is 6. The molecule has 1 aliphatic rings. The van der Waals surface area contributed by atoms with Crippen molar-refractivity contribution in [2.24, 2.45) is 11.7 Å². The molecule has 12 heteroatoms. The second-order valence-electron chi connectivity index (χ2n) is 8.03. The number of aliphatic carboxylic acids is 1. The Morgan fingerprint density at radius 2 is 2.06 bits per heavy atom. The Hall–Kier alpha value is -2.99. The summed E-state index contributed by atoms with van der Waals surface area (Å²) in [6, 6.07) is -4.19. The number of likely N-dealkylation sites (tertiary alicyclic amines) is 1. The van der Waals surface area contributed by atoms with Crippen molar-refractivity contribution in [3.05, 3.63) is 18.2 Å². The van der Waals surface area contributed by atoms with Crippen LogP contribution in [0.5, 0.6) is 0 Å². The fraction of sp³-hybridized carbons (Fsp3) is 0.650. The molecule has 1 fully saturated rings. The van der Waals surface area contributed by atoms with Gasteiger partial charge in [0, 0.05) is 24.9 Å². The number of aliphatic hydroxyl groups is 1. The van der Waals surface area contributed by atoms with E-state index in [-0.39, 0.29) is 12.3 Å². The van der Waals surface area contributed by atoms with E-state index in [1.54, 1.807) is 20.0 Å². The van der Waals surface area contributed by atoms with Gasteiger partial charge in [-0.05, 0) is 18.8 Å². The fourth-order valence-corrected chi connectivity index (χ4v) is 3.64. The van der Waals surface area contributed by atoms with Gasteiger partial charge >= 0.3 is 5.97 Å². The van der Waals surface area contributed by atoms with Gasteiger partial charge in [0.1, 0.15) is 18.1 Å². The van der Waals surface area contributed by atoms with Crippen LogP contribution in [0.25, 0.3) is 0 Å². The first kappa shape index (κ1) is 25.3. The number of aliphatic hydroxyl groups excluding tert-OH is 1. The molecular formula is C20H32N6O6. The number of aromatic amines is 1. The Kier molecular flexibility index (Phi) is 9.14. The highest BCUT2D eigenvalue weighted by atomic mass is 16.4. The molecular weight excluding hydrogens is 420 g/mol. The molecule has 1 saturated heterocycles. The number of nitrogens with one attached hydrogen (secondary N) is 3. The van der Waals surface area contributed by atoms with Crippen LogP contribution in [0.4, 0.5) is 0 Å². The van der Waals surface area contributed by atoms with Crippen molar-refractivity contribution in [3.63, 3.8) is 0 Å². The summed E-state index contributed by atoms with van der Waals surface area (Å²) < 4.78 is 0. The van der Waals surface area contributed by atoms with Crippen LogP contribution in [-0.2, 0) is 25.6 Å². The van der Waals surface area contributed by atoms with Crippen molar-refractivity contribution in [2.75, 3.05) is 13.2 Å². The molecule has 5 atom stereocenters. The maximum absolute atomic E-state index is 12.8. The summed E-state index contributed by atoms with van der Waals surface area (Å²) in [6.07, 6.45) is 4.78. The lowest BCUT2D eigenvalue weighted by atomic mass is 9.99. The number of carboxylic acid groups (broad SMARTS) is 1. The normalized spacial score (nSPS) is 19.6. The maximum atomic E-state index is 12.8. The van der Waals surface area contributed by atoms with Gasteiger partial charge in [-0.25, -0.2) is 9.78 Å². The smallest absolute Gasteiger partial charge is 0.326 e. The predicted octanol–water partition coefficient (Wildman–Crippen LogP) is -1.64. The van der Waals surface area contributed by atoms with E-state index in [1.807, 2.05) is 0 Å². The van der Waals surface area contributed by atoms with E-state index in [4.69, 9.17) is 5.73 Å². The lowest BCUT2D eigenvalue weighted by Crippen LogP contribution is -2.58. The molecule has 1 aromatic heterocycles. The second-order valence-corrected chi connectivity index (χ2v) is 8.03. The summed E-state index contributed by atoms with van der Waals surface area (Å²) in [6.45, 7) is 3.10. The number of nitrogens with two attached hydrogens (primary N) is 1. The van der Waals surface area contributed by atoms with E-state index >= 15 is 0 Å². The average molecular weight is 453 g/mol. The van der Waals surface area contributed by atoms with Crippen LogP contribution in [0, 0.1) is 5.92 Å². The summed E-state index contributed by atoms with van der Waals surface area (Å²) in [5, 5.41) is 23.8. The fourth-order valence-electron chi connectivity index (χ4n) is 3.64. The lowest BCUT2D eigenvalue weighted by molar-refractivity contribution is -0.144. The van der Waals surface area contributed by atoms with Gasteiger partial charge < -0.3 is 36.5 Å². The topological polar surface area (TPSA) is 191 Å². The standard InChI is InChI=1S/C20H32N6O6/c1-3-11(2)16(20(31)32)25-17(28)14(9-27)24-18(29)15-5-4-6-26(15)19(30)13(21)7-12-8-22-10-23-12/h8,10-11,13-16,27H,3-7,9,21H2,1-2H3,(H,22,23)(H,24,29)(H,25,28)(H,31,32). The van der Waals surface area contributed by atoms with E-state index < -0.39 is 54.5 Å². The molecule has 0 bridgehead atoms. The second kappa shape index (κ2) is 11.6. The van der Waals surface area contributed by atoms with Crippen LogP contribution in [0.15, 0.2) is 12.5 Å². The number of H-pyrrole nitrogens is 1. The summed E-state index contributed by atoms with van der Waals surface area (Å²) in [5.41, 5.74) is 6.71. The number of nitrogens with zero attached hydrogens (tertiary/aromatic N) is 2. The SMILES string of the molecule is CCC(C)C(NC(=O)C(CO)NC(=O)C1CCCN1C(=O)C(N)Cc1cnc[nH]1)C(=O)O. The van der Waals surface area contributed by atoms with E-state index in [0.717, 1.165) is 0 Å². The molecule has 0 spiro atoms. The minimum atomic E-state index is -1.34. The van der Waals surface area contributed by atoms with E-state index in [2.05, 4.69) is 20.6 Å². The molecule has 2 heterocycles. The number of rotatable bonds is 11. The Bertz CT molecular complexity index is 801. The van der Waals surface area contributed by atoms with Crippen LogP contribution < -0.4 is 16.4 Å². The van der Waals surface area contributed by atoms with Crippen molar-refractivity contribution in [1.82, 2.24) is 25.5 Å². The Balaban J connectivity index is 2.00. The number of carboxylic acids is 1. The van der Waals surface area contributed by atoms with Crippen molar-refractivity contribution in [2.45, 2.75) is 63.7 Å². The molecule has 3 amide bonds. The van der Waals surface area contributed by atoms with E-state index in [9.17, 15) is 29.4 Å². The molecule has 0 saturated carbocycles. The molecule has 5 unspecified atom stereocenters. The summed E-state index contributed by atoms with van der Waals surface area (Å²) in [7, 11) is 0. The van der Waals surface area contributed by atoms with Gasteiger partial charge in [-0.1, -0.05) is 20.3 Å². The van der Waals surface area contributed by atoms with Crippen LogP contribution in [0.3, 0.4) is 0 Å². The van der Waals surface area contributed by atoms with Crippen molar-refractivity contribution in [3.8, 4) is 0 Å². The van der Waals surface area contributed by atoms with E-state index in [1.165, 1.54) is 11.2 Å². The Morgan fingerprint density at radius 3 is 2.62 bits per heavy atom. The van der Waals surface area contributed by atoms with Gasteiger partial charge in [0.15, 0.2) is 0 Å². The zero-order chi connectivity index (χ0) is 23.8. The molecule has 0 radical (unpaired) electrons. The molecule has 1 aromatic rings. The third kappa shape index (κ3) is 6.26. The first-order valence-electron chi connectivity index (χ1n) is 10.7. The average Bonchev–Trinajstić information content (AvgIpc) is 3.46. The highest BCUT2D eigenvalue weighted by Gasteiger charge is 2.38. The van der Waals surface area contributed by atoms with Crippen LogP contribution in [0.2, 0.25) is 0 Å². The van der Waals surface area contributed by atoms with Crippen molar-refractivity contribution in [1.29, 1.82) is 0 Å². The minimum Gasteiger partial charge on any atom is -0.480 e. The van der Waals surface area contributed by atoms with Gasteiger partial charge in [-0.3, -0.25) is 14.4 Å². The summed E-state index contributed by atoms with van der Waals surface area (Å²) in [5.74, 6) is -3.35. The molecule has 32 heavy (non-hydrogen) atoms. The molecule has 7 N–H and O–H groups in total. The first-order chi connectivity index (χ1) is 15.2. The predicted molar refractivity (Wildman–Crippen MR) is 113 cm³/mol. The van der Waals surface area contributed by atoms with Crippen LogP contribution in [-0.4, -0.2) is 86.1 Å². The number of imidazole rings is 1. The van der Waals surface area contributed by atoms with Crippen LogP contribution in [0.1, 0.15) is 38.8 Å². The third-order valence-electron chi connectivity index (χ3n) is 5.74.